The number of nitrogens with zero attached hydrogens (tertiary/aromatic N) is 2. The molecule has 28 heteroatoms. The Balaban J connectivity index is 0.619. The van der Waals surface area contributed by atoms with Gasteiger partial charge in [0.2, 0.25) is 20.0 Å². The number of carbonyl (C=O) groups excluding carboxylic acids is 2. The zero-order chi connectivity index (χ0) is 66.0. The van der Waals surface area contributed by atoms with E-state index in [2.05, 4.69) is 40.5 Å². The predicted octanol–water partition coefficient (Wildman–Crippen LogP) is 7.99. The van der Waals surface area contributed by atoms with Crippen molar-refractivity contribution in [2.45, 2.75) is 137 Å². The van der Waals surface area contributed by atoms with Crippen molar-refractivity contribution in [2.24, 2.45) is 23.3 Å². The van der Waals surface area contributed by atoms with Gasteiger partial charge in [-0.2, -0.15) is 0 Å². The third-order valence-electron chi connectivity index (χ3n) is 17.0. The molecule has 0 unspecified atom stereocenters. The van der Waals surface area contributed by atoms with Crippen LogP contribution in [0.3, 0.4) is 0 Å². The van der Waals surface area contributed by atoms with Gasteiger partial charge in [0.15, 0.2) is 0 Å². The van der Waals surface area contributed by atoms with Crippen LogP contribution in [0.25, 0.3) is 0 Å². The number of hydrogen-bond acceptors (Lipinski definition) is 16. The van der Waals surface area contributed by atoms with E-state index in [9.17, 15) is 26.4 Å². The van der Waals surface area contributed by atoms with Gasteiger partial charge >= 0.3 is 12.1 Å². The van der Waals surface area contributed by atoms with Crippen molar-refractivity contribution in [3.05, 3.63) is 115 Å². The molecule has 2 aliphatic carbocycles. The lowest BCUT2D eigenvalue weighted by Crippen LogP contribution is -2.49. The van der Waals surface area contributed by atoms with Gasteiger partial charge in [0.25, 0.3) is 0 Å². The number of carbonyl (C=O) groups is 2. The Labute approximate surface area is 562 Å². The van der Waals surface area contributed by atoms with E-state index in [1.165, 1.54) is 24.3 Å². The SMILES string of the molecule is CC(C)[C@H](COCCOCCNC(=O)NCCCCNC(=O)NCCOCCOC[C@H](NS(=O)(=O)c1ccc(O[C@H]2c3cc(Cl)cc(Cl)c3C[C@@H]2N2CCC[C@@H](N)C2)cc1)C(C)C)NS(=O)(=O)c1ccc(O[C@H]2c3cc(Cl)cc(Cl)c3C[C@@H]2N2CCC[C@@H](N)C2)cc1. The van der Waals surface area contributed by atoms with Crippen LogP contribution in [0.2, 0.25) is 20.1 Å². The Morgan fingerprint density at radius 3 is 1.27 bits per heavy atom. The summed E-state index contributed by atoms with van der Waals surface area (Å²) in [5.74, 6) is 0.886. The smallest absolute Gasteiger partial charge is 0.314 e. The van der Waals surface area contributed by atoms with Gasteiger partial charge in [0.05, 0.1) is 74.7 Å². The van der Waals surface area contributed by atoms with E-state index < -0.39 is 32.1 Å². The molecule has 0 spiro atoms. The largest absolute Gasteiger partial charge is 0.484 e. The van der Waals surface area contributed by atoms with Gasteiger partial charge in [-0.15, -0.1) is 0 Å². The summed E-state index contributed by atoms with van der Waals surface area (Å²) in [5, 5.41) is 13.3. The van der Waals surface area contributed by atoms with E-state index in [0.717, 1.165) is 74.1 Å². The number of unbranched alkanes of at least 4 members (excludes halogenated alkanes) is 1. The van der Waals surface area contributed by atoms with Gasteiger partial charge in [-0.05, 0) is 160 Å². The van der Waals surface area contributed by atoms with Gasteiger partial charge in [-0.25, -0.2) is 35.9 Å². The van der Waals surface area contributed by atoms with Gasteiger partial charge in [-0.1, -0.05) is 74.1 Å². The molecule has 4 aromatic carbocycles. The van der Waals surface area contributed by atoms with Crippen molar-refractivity contribution in [1.29, 1.82) is 0 Å². The monoisotopic (exact) mass is 1400 g/mol. The van der Waals surface area contributed by atoms with E-state index in [0.29, 0.717) is 70.4 Å². The van der Waals surface area contributed by atoms with Crippen LogP contribution in [-0.4, -0.2) is 180 Å². The molecule has 4 amide bonds. The molecule has 92 heavy (non-hydrogen) atoms. The summed E-state index contributed by atoms with van der Waals surface area (Å²) >= 11 is 26.2. The third-order valence-corrected chi connectivity index (χ3v) is 21.2. The van der Waals surface area contributed by atoms with Crippen molar-refractivity contribution in [2.75, 3.05) is 105 Å². The quantitative estimate of drug-likeness (QED) is 0.0203. The summed E-state index contributed by atoms with van der Waals surface area (Å²) in [5.41, 5.74) is 16.6. The normalized spacial score (nSPS) is 21.0. The number of sulfonamides is 2. The third kappa shape index (κ3) is 21.6. The first-order valence-electron chi connectivity index (χ1n) is 31.9. The minimum absolute atomic E-state index is 0.00398. The van der Waals surface area contributed by atoms with Crippen molar-refractivity contribution >= 4 is 78.5 Å². The maximum Gasteiger partial charge on any atom is 0.314 e. The number of nitrogens with two attached hydrogens (primary N) is 2. The number of amides is 4. The van der Waals surface area contributed by atoms with E-state index in [-0.39, 0.29) is 136 Å². The summed E-state index contributed by atoms with van der Waals surface area (Å²) in [7, 11) is -7.82. The Kier molecular flexibility index (Phi) is 28.4. The topological polar surface area (TPSA) is 288 Å². The lowest BCUT2D eigenvalue weighted by Gasteiger charge is -2.38. The number of fused-ring (bicyclic) bond motifs is 2. The molecule has 10 N–H and O–H groups in total. The first-order valence-corrected chi connectivity index (χ1v) is 36.4. The zero-order valence-electron chi connectivity index (χ0n) is 52.9. The van der Waals surface area contributed by atoms with Gasteiger partial charge in [-0.3, -0.25) is 9.80 Å². The minimum atomic E-state index is -3.91. The number of urea groups is 2. The number of piperidine rings is 2. The van der Waals surface area contributed by atoms with Crippen LogP contribution in [0.4, 0.5) is 9.59 Å². The fraction of sp³-hybridized carbons (Fsp3) is 0.594. The number of rotatable bonds is 35. The highest BCUT2D eigenvalue weighted by molar-refractivity contribution is 7.89. The lowest BCUT2D eigenvalue weighted by atomic mass is 10.0. The maximum absolute atomic E-state index is 13.6. The summed E-state index contributed by atoms with van der Waals surface area (Å²) in [6.07, 6.45) is 5.85. The van der Waals surface area contributed by atoms with Crippen LogP contribution in [0, 0.1) is 11.8 Å². The molecule has 0 bridgehead atoms. The number of halogens is 4. The summed E-state index contributed by atoms with van der Waals surface area (Å²) < 4.78 is 95.9. The summed E-state index contributed by atoms with van der Waals surface area (Å²) in [4.78, 5) is 29.5. The summed E-state index contributed by atoms with van der Waals surface area (Å²) in [6.45, 7) is 14.0. The van der Waals surface area contributed by atoms with E-state index >= 15 is 0 Å². The number of nitrogens with one attached hydrogen (secondary N) is 6. The molecule has 0 radical (unpaired) electrons. The van der Waals surface area contributed by atoms with Gasteiger partial charge < -0.3 is 61.2 Å². The number of ether oxygens (including phenoxy) is 6. The molecule has 4 aliphatic rings. The second-order valence-electron chi connectivity index (χ2n) is 24.7. The Morgan fingerprint density at radius 2 is 0.902 bits per heavy atom. The molecule has 0 aromatic heterocycles. The van der Waals surface area contributed by atoms with Crippen LogP contribution in [0.5, 0.6) is 11.5 Å². The Morgan fingerprint density at radius 1 is 0.533 bits per heavy atom. The molecule has 2 saturated heterocycles. The van der Waals surface area contributed by atoms with Crippen molar-refractivity contribution in [3.8, 4) is 11.5 Å². The lowest BCUT2D eigenvalue weighted by molar-refractivity contribution is 0.0381. The summed E-state index contributed by atoms with van der Waals surface area (Å²) in [6, 6.07) is 18.5. The number of benzene rings is 4. The highest BCUT2D eigenvalue weighted by atomic mass is 35.5. The van der Waals surface area contributed by atoms with Gasteiger partial charge in [0, 0.05) is 94.7 Å². The van der Waals surface area contributed by atoms with Crippen molar-refractivity contribution in [3.63, 3.8) is 0 Å². The molecule has 0 saturated carbocycles. The molecule has 8 rings (SSSR count). The molecule has 2 heterocycles. The zero-order valence-corrected chi connectivity index (χ0v) is 57.6. The molecule has 2 fully saturated rings. The fourth-order valence-corrected chi connectivity index (χ4v) is 15.8. The van der Waals surface area contributed by atoms with Gasteiger partial charge in [0.1, 0.15) is 23.7 Å². The maximum atomic E-state index is 13.6. The van der Waals surface area contributed by atoms with Crippen LogP contribution < -0.4 is 51.7 Å². The first kappa shape index (κ1) is 73.5. The second-order valence-corrected chi connectivity index (χ2v) is 29.8. The Bertz CT molecular complexity index is 3040. The molecule has 510 valence electrons. The molecule has 8 atom stereocenters. The second kappa shape index (κ2) is 35.6. The number of likely N-dealkylation sites (tertiary alicyclic amines) is 2. The van der Waals surface area contributed by atoms with Crippen LogP contribution in [-0.2, 0) is 51.8 Å². The highest BCUT2D eigenvalue weighted by Gasteiger charge is 2.43. The highest BCUT2D eigenvalue weighted by Crippen LogP contribution is 2.45. The van der Waals surface area contributed by atoms with E-state index in [1.807, 2.05) is 39.8 Å². The van der Waals surface area contributed by atoms with Crippen molar-refractivity contribution < 1.29 is 54.8 Å². The Hall–Kier alpha value is -4.32. The van der Waals surface area contributed by atoms with Crippen LogP contribution in [0.15, 0.2) is 82.6 Å². The van der Waals surface area contributed by atoms with Crippen LogP contribution >= 0.6 is 46.4 Å². The van der Waals surface area contributed by atoms with Crippen molar-refractivity contribution in [1.82, 2.24) is 40.5 Å². The first-order chi connectivity index (χ1) is 44.0. The predicted molar refractivity (Wildman–Crippen MR) is 358 cm³/mol. The standard InChI is InChI=1S/C64H92Cl4N10O12S2/c1-41(2)57(75-91(81,82)49-15-11-47(12-16-49)89-61-53-31-43(65)33-55(67)51(53)35-59(61)77-23-7-9-45(69)37-77)39-87-29-27-85-25-21-73-63(79)71-19-5-6-20-72-64(80)74-22-26-86-28-30-88-40-58(42(3)4)76-92(83,84)50-17-13-48(14-18-50)90-62-54-32-44(66)34-56(68)52(54)36-60(62)78-24-8-10-46(70)38-78/h11-18,31-34,41-42,45-46,57-62,75-76H,5-10,19-30,35-40,69-70H2,1-4H3,(H2,71,73,79)(H2,72,74,80)/t45-,46-,57+,58+,59+,60+,61+,62+/m1/s1. The van der Waals surface area contributed by atoms with E-state index in [1.54, 1.807) is 36.4 Å². The average Bonchev–Trinajstić information content (AvgIpc) is 1.62. The fourth-order valence-electron chi connectivity index (χ4n) is 11.9. The molecular formula is C64H92Cl4N10O12S2. The minimum Gasteiger partial charge on any atom is -0.484 e. The average molecular weight is 1400 g/mol. The molecule has 4 aromatic rings. The molecule has 22 nitrogen and oxygen atoms in total. The van der Waals surface area contributed by atoms with E-state index in [4.69, 9.17) is 86.3 Å². The van der Waals surface area contributed by atoms with Crippen LogP contribution in [0.1, 0.15) is 101 Å². The molecular weight excluding hydrogens is 1310 g/mol. The molecule has 2 aliphatic heterocycles. The number of hydrogen-bond donors (Lipinski definition) is 8.